The Morgan fingerprint density at radius 1 is 1.02 bits per heavy atom. The lowest BCUT2D eigenvalue weighted by molar-refractivity contribution is -0.141. The van der Waals surface area contributed by atoms with Crippen LogP contribution in [0.25, 0.3) is 5.78 Å². The monoisotopic (exact) mass is 728 g/mol. The molecular formula is C39H49FN8O5. The first-order valence-electron chi connectivity index (χ1n) is 17.8. The summed E-state index contributed by atoms with van der Waals surface area (Å²) in [5.74, 6) is -0.994. The molecule has 0 bridgehead atoms. The van der Waals surface area contributed by atoms with Crippen LogP contribution in [0.15, 0.2) is 79.3 Å². The van der Waals surface area contributed by atoms with Gasteiger partial charge in [0.15, 0.2) is 0 Å². The van der Waals surface area contributed by atoms with E-state index in [9.17, 15) is 23.6 Å². The molecule has 2 aromatic heterocycles. The molecular weight excluding hydrogens is 679 g/mol. The molecule has 2 aromatic carbocycles. The third kappa shape index (κ3) is 10.2. The van der Waals surface area contributed by atoms with Gasteiger partial charge in [0.2, 0.25) is 17.6 Å². The summed E-state index contributed by atoms with van der Waals surface area (Å²) in [5, 5.41) is 5.90. The maximum absolute atomic E-state index is 14.6. The molecule has 1 saturated heterocycles. The summed E-state index contributed by atoms with van der Waals surface area (Å²) in [6.07, 6.45) is 5.04. The molecule has 0 saturated carbocycles. The van der Waals surface area contributed by atoms with E-state index < -0.39 is 35.7 Å². The molecule has 4 amide bonds. The number of amides is 4. The van der Waals surface area contributed by atoms with Crippen molar-refractivity contribution >= 4 is 29.6 Å². The zero-order valence-electron chi connectivity index (χ0n) is 31.2. The van der Waals surface area contributed by atoms with Crippen molar-refractivity contribution in [1.29, 1.82) is 0 Å². The van der Waals surface area contributed by atoms with Gasteiger partial charge in [0.05, 0.1) is 18.1 Å². The van der Waals surface area contributed by atoms with Crippen molar-refractivity contribution in [3.63, 3.8) is 0 Å². The van der Waals surface area contributed by atoms with Crippen LogP contribution in [0, 0.1) is 11.2 Å². The Morgan fingerprint density at radius 3 is 2.40 bits per heavy atom. The van der Waals surface area contributed by atoms with Crippen molar-refractivity contribution < 1.29 is 28.3 Å². The lowest BCUT2D eigenvalue weighted by Crippen LogP contribution is -2.59. The molecule has 4 aromatic rings. The predicted octanol–water partition coefficient (Wildman–Crippen LogP) is 3.93. The molecule has 2 N–H and O–H groups in total. The van der Waals surface area contributed by atoms with Crippen LogP contribution in [0.1, 0.15) is 55.7 Å². The highest BCUT2D eigenvalue weighted by molar-refractivity contribution is 5.93. The van der Waals surface area contributed by atoms with Crippen molar-refractivity contribution in [2.45, 2.75) is 71.3 Å². The standard InChI is InChI=1S/C39H49FN8O5/c1-26(45(5)6)34(49)44-33(39(2,3)4)36(51)48-22-30(42-38(52)53-25-28-11-8-7-9-12-28)21-31(48)23-46(20-17-27-13-15-29(40)16-14-27)35(50)32-24-47-19-10-18-41-37(47)43-32/h7-16,18-19,24,26,30-31,33H,17,20-23,25H2,1-6H3,(H,42,52)(H,44,49)/t26-,30-,31-,33+/m0/s1. The predicted molar refractivity (Wildman–Crippen MR) is 197 cm³/mol. The fourth-order valence-electron chi connectivity index (χ4n) is 6.25. The van der Waals surface area contributed by atoms with Gasteiger partial charge >= 0.3 is 6.09 Å². The van der Waals surface area contributed by atoms with Crippen molar-refractivity contribution in [3.05, 3.63) is 102 Å². The highest BCUT2D eigenvalue weighted by atomic mass is 19.1. The number of rotatable bonds is 13. The van der Waals surface area contributed by atoms with E-state index in [0.717, 1.165) is 11.1 Å². The maximum Gasteiger partial charge on any atom is 0.407 e. The van der Waals surface area contributed by atoms with Gasteiger partial charge < -0.3 is 25.2 Å². The molecule has 0 radical (unpaired) electrons. The first-order chi connectivity index (χ1) is 25.2. The van der Waals surface area contributed by atoms with Gasteiger partial charge in [-0.2, -0.15) is 0 Å². The minimum atomic E-state index is -0.906. The van der Waals surface area contributed by atoms with Gasteiger partial charge in [-0.05, 0) is 68.6 Å². The number of hydrogen-bond acceptors (Lipinski definition) is 8. The van der Waals surface area contributed by atoms with Crippen molar-refractivity contribution in [1.82, 2.24) is 39.7 Å². The van der Waals surface area contributed by atoms with E-state index in [4.69, 9.17) is 4.74 Å². The second kappa shape index (κ2) is 17.0. The number of imidazole rings is 1. The SMILES string of the molecule is C[C@@H](C(=O)N[C@H](C(=O)N1C[C@@H](NC(=O)OCc2ccccc2)C[C@H]1CN(CCc1ccc(F)cc1)C(=O)c1cn2cccnc2n1)C(C)(C)C)N(C)C. The van der Waals surface area contributed by atoms with Gasteiger partial charge in [-0.15, -0.1) is 0 Å². The van der Waals surface area contributed by atoms with Crippen molar-refractivity contribution in [2.24, 2.45) is 5.41 Å². The van der Waals surface area contributed by atoms with E-state index in [0.29, 0.717) is 18.6 Å². The highest BCUT2D eigenvalue weighted by Crippen LogP contribution is 2.27. The number of nitrogens with zero attached hydrogens (tertiary/aromatic N) is 6. The number of hydrogen-bond donors (Lipinski definition) is 2. The molecule has 1 aliphatic rings. The van der Waals surface area contributed by atoms with Crippen LogP contribution in [0.5, 0.6) is 0 Å². The van der Waals surface area contributed by atoms with Gasteiger partial charge in [-0.1, -0.05) is 63.2 Å². The lowest BCUT2D eigenvalue weighted by atomic mass is 9.85. The van der Waals surface area contributed by atoms with Gasteiger partial charge in [0, 0.05) is 38.2 Å². The van der Waals surface area contributed by atoms with Crippen LogP contribution in [0.2, 0.25) is 0 Å². The van der Waals surface area contributed by atoms with Crippen LogP contribution in [0.3, 0.4) is 0 Å². The maximum atomic E-state index is 14.6. The Bertz CT molecular complexity index is 1840. The molecule has 5 rings (SSSR count). The van der Waals surface area contributed by atoms with E-state index in [2.05, 4.69) is 20.6 Å². The fraction of sp³-hybridized carbons (Fsp3) is 0.436. The number of nitrogens with one attached hydrogen (secondary N) is 2. The first-order valence-corrected chi connectivity index (χ1v) is 17.8. The minimum absolute atomic E-state index is 0.0766. The van der Waals surface area contributed by atoms with Crippen molar-refractivity contribution in [3.8, 4) is 0 Å². The molecule has 0 unspecified atom stereocenters. The van der Waals surface area contributed by atoms with E-state index in [1.165, 1.54) is 12.1 Å². The van der Waals surface area contributed by atoms with Gasteiger partial charge in [0.1, 0.15) is 24.2 Å². The Balaban J connectivity index is 1.43. The number of likely N-dealkylation sites (tertiary alicyclic amines) is 1. The third-order valence-corrected chi connectivity index (χ3v) is 9.54. The second-order valence-corrected chi connectivity index (χ2v) is 14.8. The molecule has 1 aliphatic heterocycles. The minimum Gasteiger partial charge on any atom is -0.445 e. The lowest BCUT2D eigenvalue weighted by Gasteiger charge is -2.37. The molecule has 13 nitrogen and oxygen atoms in total. The van der Waals surface area contributed by atoms with Crippen LogP contribution in [-0.4, -0.2) is 111 Å². The summed E-state index contributed by atoms with van der Waals surface area (Å²) in [6, 6.07) is 14.7. The summed E-state index contributed by atoms with van der Waals surface area (Å²) in [7, 11) is 3.58. The van der Waals surface area contributed by atoms with Gasteiger partial charge in [-0.3, -0.25) is 23.7 Å². The summed E-state index contributed by atoms with van der Waals surface area (Å²) in [4.78, 5) is 68.9. The zero-order valence-corrected chi connectivity index (χ0v) is 31.2. The zero-order chi connectivity index (χ0) is 38.3. The summed E-state index contributed by atoms with van der Waals surface area (Å²) in [6.45, 7) is 7.96. The Morgan fingerprint density at radius 2 is 1.74 bits per heavy atom. The van der Waals surface area contributed by atoms with E-state index in [1.54, 1.807) is 76.9 Å². The average Bonchev–Trinajstić information content (AvgIpc) is 3.75. The molecule has 0 aliphatic carbocycles. The summed E-state index contributed by atoms with van der Waals surface area (Å²) >= 11 is 0. The third-order valence-electron chi connectivity index (χ3n) is 9.54. The molecule has 0 spiro atoms. The Kier molecular flexibility index (Phi) is 12.4. The highest BCUT2D eigenvalue weighted by Gasteiger charge is 2.44. The van der Waals surface area contributed by atoms with Crippen LogP contribution in [-0.2, 0) is 27.4 Å². The smallest absolute Gasteiger partial charge is 0.407 e. The van der Waals surface area contributed by atoms with E-state index >= 15 is 0 Å². The number of carbonyl (C=O) groups is 4. The topological polar surface area (TPSA) is 141 Å². The number of aromatic nitrogens is 3. The quantitative estimate of drug-likeness (QED) is 0.211. The first kappa shape index (κ1) is 38.9. The van der Waals surface area contributed by atoms with Crippen LogP contribution in [0.4, 0.5) is 9.18 Å². The molecule has 53 heavy (non-hydrogen) atoms. The number of carbonyl (C=O) groups excluding carboxylic acids is 4. The van der Waals surface area contributed by atoms with Gasteiger partial charge in [0.25, 0.3) is 5.91 Å². The number of ether oxygens (including phenoxy) is 1. The second-order valence-electron chi connectivity index (χ2n) is 14.8. The molecule has 14 heteroatoms. The summed E-state index contributed by atoms with van der Waals surface area (Å²) in [5.41, 5.74) is 1.16. The molecule has 3 heterocycles. The summed E-state index contributed by atoms with van der Waals surface area (Å²) < 4.78 is 20.9. The van der Waals surface area contributed by atoms with Crippen molar-refractivity contribution in [2.75, 3.05) is 33.7 Å². The number of fused-ring (bicyclic) bond motifs is 1. The molecule has 1 fully saturated rings. The van der Waals surface area contributed by atoms with Crippen LogP contribution < -0.4 is 10.6 Å². The largest absolute Gasteiger partial charge is 0.445 e. The molecule has 4 atom stereocenters. The number of likely N-dealkylation sites (N-methyl/N-ethyl adjacent to an activating group) is 1. The fourth-order valence-corrected chi connectivity index (χ4v) is 6.25. The van der Waals surface area contributed by atoms with Crippen LogP contribution >= 0.6 is 0 Å². The van der Waals surface area contributed by atoms with E-state index in [1.807, 2.05) is 51.1 Å². The Labute approximate surface area is 309 Å². The Hall–Kier alpha value is -5.37. The number of alkyl carbamates (subject to hydrolysis) is 1. The number of benzene rings is 2. The van der Waals surface area contributed by atoms with Gasteiger partial charge in [-0.25, -0.2) is 19.2 Å². The normalized spacial score (nSPS) is 17.0. The number of halogens is 1. The molecule has 282 valence electrons. The van der Waals surface area contributed by atoms with E-state index in [-0.39, 0.29) is 55.5 Å². The average molecular weight is 729 g/mol.